The molecule has 0 aliphatic heterocycles. The van der Waals surface area contributed by atoms with Gasteiger partial charge >= 0.3 is 36.6 Å². The molecule has 168 valence electrons. The summed E-state index contributed by atoms with van der Waals surface area (Å²) in [5.41, 5.74) is 0. The fraction of sp³-hybridized carbons (Fsp3) is 0.600. The summed E-state index contributed by atoms with van der Waals surface area (Å²) in [7, 11) is 0. The number of alkyl halides is 16. The molecule has 0 unspecified atom stereocenters. The van der Waals surface area contributed by atoms with Gasteiger partial charge in [-0.2, -0.15) is 70.2 Å². The fourth-order valence-corrected chi connectivity index (χ4v) is 0.693. The molecule has 0 aromatic heterocycles. The van der Waals surface area contributed by atoms with E-state index < -0.39 is 60.4 Å². The Morgan fingerprint density at radius 2 is 0.821 bits per heavy atom. The number of hydrogen-bond donors (Lipinski definition) is 0. The molecule has 0 radical (unpaired) electrons. The summed E-state index contributed by atoms with van der Waals surface area (Å²) in [6, 6.07) is 0. The standard InChI is InChI=1S/2C5HF9/c6-2(1-3(7,8)9)4(10,11)5(12,13)14;6-2(4(9,10)11)1-3(7,8)5(12,13)14/h2*1H/b;2-1-. The molecule has 0 amide bonds. The maximum absolute atomic E-state index is 11.8. The highest BCUT2D eigenvalue weighted by Gasteiger charge is 2.62. The minimum atomic E-state index is -6.39. The molecule has 0 aromatic rings. The van der Waals surface area contributed by atoms with Crippen LogP contribution in [0.4, 0.5) is 79.0 Å². The van der Waals surface area contributed by atoms with Crippen molar-refractivity contribution in [2.24, 2.45) is 0 Å². The summed E-state index contributed by atoms with van der Waals surface area (Å²) < 4.78 is 205. The average molecular weight is 464 g/mol. The molecule has 18 heteroatoms. The van der Waals surface area contributed by atoms with Crippen molar-refractivity contribution in [3.8, 4) is 0 Å². The Bertz CT molecular complexity index is 561. The van der Waals surface area contributed by atoms with Gasteiger partial charge in [0.15, 0.2) is 5.83 Å². The second-order valence-electron chi connectivity index (χ2n) is 4.22. The maximum atomic E-state index is 11.8. The van der Waals surface area contributed by atoms with Crippen LogP contribution in [0.15, 0.2) is 23.8 Å². The Balaban J connectivity index is 0. The first-order valence-electron chi connectivity index (χ1n) is 5.56. The van der Waals surface area contributed by atoms with E-state index in [0.717, 1.165) is 0 Å². The minimum Gasteiger partial charge on any atom is -0.205 e. The first-order valence-corrected chi connectivity index (χ1v) is 5.56. The van der Waals surface area contributed by atoms with Gasteiger partial charge in [0.2, 0.25) is 5.83 Å². The van der Waals surface area contributed by atoms with Crippen LogP contribution < -0.4 is 0 Å². The molecule has 28 heavy (non-hydrogen) atoms. The minimum absolute atomic E-state index is 1.74. The van der Waals surface area contributed by atoms with Crippen molar-refractivity contribution in [1.82, 2.24) is 0 Å². The molecule has 0 rings (SSSR count). The monoisotopic (exact) mass is 464 g/mol. The molecule has 0 atom stereocenters. The SMILES string of the molecule is F/C(=C\C(F)(F)C(F)(F)F)C(F)(F)F.FC(=CC(F)(F)F)C(F)(F)C(F)(F)F. The lowest BCUT2D eigenvalue weighted by atomic mass is 10.2. The molecule has 0 fully saturated rings. The average Bonchev–Trinajstić information content (AvgIpc) is 2.32. The molecule has 0 N–H and O–H groups in total. The van der Waals surface area contributed by atoms with E-state index in [4.69, 9.17) is 0 Å². The van der Waals surface area contributed by atoms with Gasteiger partial charge in [-0.15, -0.1) is 0 Å². The van der Waals surface area contributed by atoms with Crippen molar-refractivity contribution in [2.45, 2.75) is 36.6 Å². The Morgan fingerprint density at radius 1 is 0.464 bits per heavy atom. The topological polar surface area (TPSA) is 0 Å². The summed E-state index contributed by atoms with van der Waals surface area (Å²) in [5.74, 6) is -19.0. The zero-order chi connectivity index (χ0) is 23.6. The van der Waals surface area contributed by atoms with Crippen LogP contribution in [-0.2, 0) is 0 Å². The third kappa shape index (κ3) is 8.94. The molecule has 0 saturated carbocycles. The molecule has 0 aliphatic rings. The quantitative estimate of drug-likeness (QED) is 0.380. The lowest BCUT2D eigenvalue weighted by Gasteiger charge is -2.17. The van der Waals surface area contributed by atoms with Crippen LogP contribution in [0.5, 0.6) is 0 Å². The predicted octanol–water partition coefficient (Wildman–Crippen LogP) is 7.20. The Hall–Kier alpha value is -1.78. The highest BCUT2D eigenvalue weighted by atomic mass is 19.4. The molecule has 0 aliphatic carbocycles. The zero-order valence-electron chi connectivity index (χ0n) is 12.0. The van der Waals surface area contributed by atoms with Gasteiger partial charge in [-0.05, 0) is 0 Å². The van der Waals surface area contributed by atoms with E-state index in [1.54, 1.807) is 0 Å². The van der Waals surface area contributed by atoms with Crippen molar-refractivity contribution in [1.29, 1.82) is 0 Å². The van der Waals surface area contributed by atoms with Gasteiger partial charge in [-0.1, -0.05) is 0 Å². The van der Waals surface area contributed by atoms with Crippen molar-refractivity contribution in [3.63, 3.8) is 0 Å². The number of rotatable bonds is 2. The van der Waals surface area contributed by atoms with Crippen LogP contribution >= 0.6 is 0 Å². The second-order valence-corrected chi connectivity index (χ2v) is 4.22. The Morgan fingerprint density at radius 3 is 1.04 bits per heavy atom. The van der Waals surface area contributed by atoms with Crippen LogP contribution in [0.1, 0.15) is 0 Å². The van der Waals surface area contributed by atoms with Crippen molar-refractivity contribution in [3.05, 3.63) is 23.8 Å². The van der Waals surface area contributed by atoms with Crippen LogP contribution in [0, 0.1) is 0 Å². The van der Waals surface area contributed by atoms with Gasteiger partial charge in [0.05, 0.1) is 6.08 Å². The van der Waals surface area contributed by atoms with Gasteiger partial charge in [0.1, 0.15) is 0 Å². The van der Waals surface area contributed by atoms with Gasteiger partial charge in [0, 0.05) is 6.08 Å². The van der Waals surface area contributed by atoms with Crippen molar-refractivity contribution >= 4 is 0 Å². The lowest BCUT2D eigenvalue weighted by molar-refractivity contribution is -0.271. The summed E-state index contributed by atoms with van der Waals surface area (Å²) in [5, 5.41) is 0. The molecule has 0 nitrogen and oxygen atoms in total. The normalized spacial score (nSPS) is 15.9. The highest BCUT2D eigenvalue weighted by Crippen LogP contribution is 2.43. The molecule has 0 saturated heterocycles. The summed E-state index contributed by atoms with van der Waals surface area (Å²) in [6.07, 6.45) is -27.6. The van der Waals surface area contributed by atoms with E-state index in [0.29, 0.717) is 0 Å². The highest BCUT2D eigenvalue weighted by molar-refractivity contribution is 5.10. The molecular formula is C10H2F18. The van der Waals surface area contributed by atoms with Gasteiger partial charge in [-0.3, -0.25) is 0 Å². The molecule has 0 spiro atoms. The summed E-state index contributed by atoms with van der Waals surface area (Å²) in [4.78, 5) is 0. The fourth-order valence-electron chi connectivity index (χ4n) is 0.693. The van der Waals surface area contributed by atoms with Gasteiger partial charge in [-0.25, -0.2) is 8.78 Å². The van der Waals surface area contributed by atoms with E-state index in [9.17, 15) is 79.0 Å². The van der Waals surface area contributed by atoms with Gasteiger partial charge in [0.25, 0.3) is 0 Å². The Labute approximate surface area is 141 Å². The van der Waals surface area contributed by atoms with E-state index in [1.165, 1.54) is 0 Å². The van der Waals surface area contributed by atoms with Crippen LogP contribution in [-0.4, -0.2) is 36.6 Å². The number of halogens is 18. The summed E-state index contributed by atoms with van der Waals surface area (Å²) >= 11 is 0. The van der Waals surface area contributed by atoms with Crippen LogP contribution in [0.3, 0.4) is 0 Å². The predicted molar refractivity (Wildman–Crippen MR) is 52.5 cm³/mol. The first-order chi connectivity index (χ1) is 11.8. The molecular weight excluding hydrogens is 462 g/mol. The van der Waals surface area contributed by atoms with E-state index in [-0.39, 0.29) is 0 Å². The molecule has 0 heterocycles. The third-order valence-corrected chi connectivity index (χ3v) is 1.90. The first kappa shape index (κ1) is 28.4. The van der Waals surface area contributed by atoms with Gasteiger partial charge < -0.3 is 0 Å². The molecule has 0 bridgehead atoms. The van der Waals surface area contributed by atoms with Crippen molar-refractivity contribution in [2.75, 3.05) is 0 Å². The lowest BCUT2D eigenvalue weighted by Crippen LogP contribution is -2.37. The van der Waals surface area contributed by atoms with Crippen LogP contribution in [0.25, 0.3) is 0 Å². The zero-order valence-corrected chi connectivity index (χ0v) is 12.0. The second kappa shape index (κ2) is 8.30. The largest absolute Gasteiger partial charge is 0.460 e. The third-order valence-electron chi connectivity index (χ3n) is 1.90. The van der Waals surface area contributed by atoms with E-state index in [1.807, 2.05) is 0 Å². The van der Waals surface area contributed by atoms with E-state index >= 15 is 0 Å². The smallest absolute Gasteiger partial charge is 0.205 e. The number of allylic oxidation sites excluding steroid dienone is 4. The Kier molecular flexibility index (Phi) is 8.43. The maximum Gasteiger partial charge on any atom is 0.460 e. The van der Waals surface area contributed by atoms with Crippen molar-refractivity contribution < 1.29 is 79.0 Å². The summed E-state index contributed by atoms with van der Waals surface area (Å²) in [6.45, 7) is 0. The molecule has 0 aromatic carbocycles. The van der Waals surface area contributed by atoms with Crippen LogP contribution in [0.2, 0.25) is 0 Å². The number of hydrogen-bond acceptors (Lipinski definition) is 0. The van der Waals surface area contributed by atoms with E-state index in [2.05, 4.69) is 0 Å².